The minimum atomic E-state index is -0.304. The first-order chi connectivity index (χ1) is 13.4. The zero-order valence-corrected chi connectivity index (χ0v) is 17.0. The van der Waals surface area contributed by atoms with Crippen LogP contribution < -0.4 is 4.90 Å². The van der Waals surface area contributed by atoms with Gasteiger partial charge >= 0.3 is 0 Å². The molecule has 0 bridgehead atoms. The van der Waals surface area contributed by atoms with Crippen LogP contribution in [0, 0.1) is 12.7 Å². The minimum absolute atomic E-state index is 0.00119. The van der Waals surface area contributed by atoms with E-state index in [1.165, 1.54) is 23.9 Å². The predicted molar refractivity (Wildman–Crippen MR) is 109 cm³/mol. The Morgan fingerprint density at radius 2 is 2.00 bits per heavy atom. The van der Waals surface area contributed by atoms with Crippen LogP contribution in [0.2, 0.25) is 0 Å². The highest BCUT2D eigenvalue weighted by atomic mass is 32.2. The largest absolute Gasteiger partial charge is 0.383 e. The molecule has 148 valence electrons. The second-order valence-corrected chi connectivity index (χ2v) is 7.77. The Bertz CT molecular complexity index is 872. The van der Waals surface area contributed by atoms with Crippen LogP contribution in [0.5, 0.6) is 0 Å². The molecule has 2 aromatic rings. The summed E-state index contributed by atoms with van der Waals surface area (Å²) < 4.78 is 18.3. The first-order valence-corrected chi connectivity index (χ1v) is 10.0. The number of methoxy groups -OCH3 is 1. The number of nitrogens with zero attached hydrogens (tertiary/aromatic N) is 2. The van der Waals surface area contributed by atoms with Gasteiger partial charge in [0.25, 0.3) is 5.91 Å². The van der Waals surface area contributed by atoms with Gasteiger partial charge in [-0.05, 0) is 48.4 Å². The van der Waals surface area contributed by atoms with Crippen LogP contribution in [0.1, 0.15) is 26.9 Å². The number of thioether (sulfide) groups is 1. The summed E-state index contributed by atoms with van der Waals surface area (Å²) in [6.07, 6.45) is 0. The van der Waals surface area contributed by atoms with Gasteiger partial charge in [-0.25, -0.2) is 4.39 Å². The van der Waals surface area contributed by atoms with Crippen molar-refractivity contribution in [3.8, 4) is 0 Å². The quantitative estimate of drug-likeness (QED) is 0.740. The maximum atomic E-state index is 13.3. The standard InChI is InChI=1S/C21H23FN2O3S/c1-14-12-16(20(26)23(2)10-11-27-3)6-9-18(14)24-19(25)13-28-21(24)15-4-7-17(22)8-5-15/h4-9,12,21H,10-11,13H2,1-3H3. The van der Waals surface area contributed by atoms with Crippen LogP contribution in [0.25, 0.3) is 0 Å². The average Bonchev–Trinajstić information content (AvgIpc) is 3.07. The molecule has 1 fully saturated rings. The summed E-state index contributed by atoms with van der Waals surface area (Å²) in [7, 11) is 3.33. The lowest BCUT2D eigenvalue weighted by molar-refractivity contribution is -0.115. The van der Waals surface area contributed by atoms with E-state index in [9.17, 15) is 14.0 Å². The van der Waals surface area contributed by atoms with Gasteiger partial charge in [-0.3, -0.25) is 14.5 Å². The molecule has 1 saturated heterocycles. The number of aryl methyl sites for hydroxylation is 1. The van der Waals surface area contributed by atoms with Crippen molar-refractivity contribution in [2.75, 3.05) is 38.0 Å². The molecular formula is C21H23FN2O3S. The number of carbonyl (C=O) groups is 2. The second kappa shape index (κ2) is 8.75. The molecule has 28 heavy (non-hydrogen) atoms. The Hall–Kier alpha value is -2.38. The zero-order chi connectivity index (χ0) is 20.3. The predicted octanol–water partition coefficient (Wildman–Crippen LogP) is 3.63. The summed E-state index contributed by atoms with van der Waals surface area (Å²) in [5.41, 5.74) is 3.04. The van der Waals surface area contributed by atoms with E-state index in [2.05, 4.69) is 0 Å². The number of amides is 2. The fourth-order valence-corrected chi connectivity index (χ4v) is 4.34. The average molecular weight is 402 g/mol. The summed E-state index contributed by atoms with van der Waals surface area (Å²) in [4.78, 5) is 28.5. The van der Waals surface area contributed by atoms with E-state index in [4.69, 9.17) is 4.74 Å². The lowest BCUT2D eigenvalue weighted by Gasteiger charge is -2.26. The van der Waals surface area contributed by atoms with Crippen molar-refractivity contribution in [1.29, 1.82) is 0 Å². The Kier molecular flexibility index (Phi) is 6.36. The van der Waals surface area contributed by atoms with Crippen LogP contribution in [0.4, 0.5) is 10.1 Å². The van der Waals surface area contributed by atoms with Gasteiger partial charge < -0.3 is 9.64 Å². The molecule has 0 saturated carbocycles. The van der Waals surface area contributed by atoms with Gasteiger partial charge in [0.2, 0.25) is 5.91 Å². The number of carbonyl (C=O) groups excluding carboxylic acids is 2. The molecule has 0 spiro atoms. The van der Waals surface area contributed by atoms with E-state index in [1.807, 2.05) is 13.0 Å². The highest BCUT2D eigenvalue weighted by Gasteiger charge is 2.35. The zero-order valence-electron chi connectivity index (χ0n) is 16.1. The molecule has 1 heterocycles. The highest BCUT2D eigenvalue weighted by Crippen LogP contribution is 2.42. The van der Waals surface area contributed by atoms with Crippen LogP contribution in [0.15, 0.2) is 42.5 Å². The van der Waals surface area contributed by atoms with Crippen molar-refractivity contribution in [3.63, 3.8) is 0 Å². The Morgan fingerprint density at radius 3 is 2.64 bits per heavy atom. The van der Waals surface area contributed by atoms with Gasteiger partial charge in [0.1, 0.15) is 11.2 Å². The molecule has 1 unspecified atom stereocenters. The van der Waals surface area contributed by atoms with Crippen molar-refractivity contribution in [3.05, 3.63) is 65.0 Å². The highest BCUT2D eigenvalue weighted by molar-refractivity contribution is 8.00. The van der Waals surface area contributed by atoms with Gasteiger partial charge in [-0.15, -0.1) is 11.8 Å². The SMILES string of the molecule is COCCN(C)C(=O)c1ccc(N2C(=O)CSC2c2ccc(F)cc2)c(C)c1. The van der Waals surface area contributed by atoms with E-state index in [0.717, 1.165) is 16.8 Å². The van der Waals surface area contributed by atoms with E-state index < -0.39 is 0 Å². The molecule has 3 rings (SSSR count). The fraction of sp³-hybridized carbons (Fsp3) is 0.333. The Morgan fingerprint density at radius 1 is 1.29 bits per heavy atom. The third kappa shape index (κ3) is 4.20. The van der Waals surface area contributed by atoms with Crippen molar-refractivity contribution in [1.82, 2.24) is 4.90 Å². The number of anilines is 1. The summed E-state index contributed by atoms with van der Waals surface area (Å²) in [5.74, 6) is -0.0362. The van der Waals surface area contributed by atoms with Crippen molar-refractivity contribution in [2.24, 2.45) is 0 Å². The lowest BCUT2D eigenvalue weighted by Crippen LogP contribution is -2.31. The van der Waals surface area contributed by atoms with Gasteiger partial charge in [0.15, 0.2) is 0 Å². The first kappa shape index (κ1) is 20.4. The number of halogens is 1. The normalized spacial score (nSPS) is 16.5. The Balaban J connectivity index is 1.86. The van der Waals surface area contributed by atoms with Crippen molar-refractivity contribution < 1.29 is 18.7 Å². The molecule has 1 atom stereocenters. The fourth-order valence-electron chi connectivity index (χ4n) is 3.17. The maximum absolute atomic E-state index is 13.3. The molecule has 0 radical (unpaired) electrons. The molecule has 2 aromatic carbocycles. The number of benzene rings is 2. The molecule has 1 aliphatic rings. The second-order valence-electron chi connectivity index (χ2n) is 6.70. The van der Waals surface area contributed by atoms with Crippen molar-refractivity contribution in [2.45, 2.75) is 12.3 Å². The minimum Gasteiger partial charge on any atom is -0.383 e. The van der Waals surface area contributed by atoms with Gasteiger partial charge in [-0.1, -0.05) is 12.1 Å². The molecule has 7 heteroatoms. The topological polar surface area (TPSA) is 49.9 Å². The molecule has 0 N–H and O–H groups in total. The lowest BCUT2D eigenvalue weighted by atomic mass is 10.1. The van der Waals surface area contributed by atoms with Crippen LogP contribution in [-0.2, 0) is 9.53 Å². The van der Waals surface area contributed by atoms with Crippen molar-refractivity contribution >= 4 is 29.3 Å². The van der Waals surface area contributed by atoms with Crippen LogP contribution in [-0.4, -0.2) is 49.8 Å². The third-order valence-corrected chi connectivity index (χ3v) is 5.92. The summed E-state index contributed by atoms with van der Waals surface area (Å²) in [6, 6.07) is 11.6. The monoisotopic (exact) mass is 402 g/mol. The van der Waals surface area contributed by atoms with Crippen LogP contribution >= 0.6 is 11.8 Å². The third-order valence-electron chi connectivity index (χ3n) is 4.70. The van der Waals surface area contributed by atoms with Gasteiger partial charge in [-0.2, -0.15) is 0 Å². The Labute approximate surface area is 168 Å². The van der Waals surface area contributed by atoms with Crippen LogP contribution in [0.3, 0.4) is 0 Å². The van der Waals surface area contributed by atoms with E-state index >= 15 is 0 Å². The molecular weight excluding hydrogens is 379 g/mol. The van der Waals surface area contributed by atoms with E-state index in [-0.39, 0.29) is 23.0 Å². The number of ether oxygens (including phenoxy) is 1. The molecule has 0 aliphatic carbocycles. The molecule has 2 amide bonds. The number of rotatable bonds is 6. The summed E-state index contributed by atoms with van der Waals surface area (Å²) >= 11 is 1.51. The number of hydrogen-bond acceptors (Lipinski definition) is 4. The van der Waals surface area contributed by atoms with E-state index in [1.54, 1.807) is 48.2 Å². The smallest absolute Gasteiger partial charge is 0.253 e. The molecule has 1 aliphatic heterocycles. The van der Waals surface area contributed by atoms with E-state index in [0.29, 0.717) is 24.5 Å². The van der Waals surface area contributed by atoms with Gasteiger partial charge in [0, 0.05) is 32.0 Å². The number of likely N-dealkylation sites (N-methyl/N-ethyl adjacent to an activating group) is 1. The maximum Gasteiger partial charge on any atom is 0.253 e. The molecule has 0 aromatic heterocycles. The summed E-state index contributed by atoms with van der Waals surface area (Å²) in [6.45, 7) is 2.86. The first-order valence-electron chi connectivity index (χ1n) is 8.96. The number of hydrogen-bond donors (Lipinski definition) is 0. The van der Waals surface area contributed by atoms with Gasteiger partial charge in [0.05, 0.1) is 12.4 Å². The molecule has 5 nitrogen and oxygen atoms in total. The summed E-state index contributed by atoms with van der Waals surface area (Å²) in [5, 5.41) is -0.210.